The second kappa shape index (κ2) is 6.48. The average molecular weight is 734 g/mol. The van der Waals surface area contributed by atoms with Crippen LogP contribution < -0.4 is 0 Å². The predicted molar refractivity (Wildman–Crippen MR) is 96.9 cm³/mol. The number of rotatable bonds is 0. The molecule has 8 heteroatoms. The fourth-order valence-electron chi connectivity index (χ4n) is 1.15. The van der Waals surface area contributed by atoms with Gasteiger partial charge in [0, 0.05) is 0 Å². The Morgan fingerprint density at radius 3 is 1.88 bits per heavy atom. The predicted octanol–water partition coefficient (Wildman–Crippen LogP) is 3.40. The van der Waals surface area contributed by atoms with Crippen LogP contribution >= 0.6 is 68.7 Å². The number of halogens is 2. The summed E-state index contributed by atoms with van der Waals surface area (Å²) in [4.78, 5) is 0. The first-order chi connectivity index (χ1) is 7.74. The Labute approximate surface area is 156 Å². The minimum absolute atomic E-state index is 0.682. The van der Waals surface area contributed by atoms with Crippen LogP contribution in [0.25, 0.3) is 0 Å². The molecule has 3 aliphatic rings. The molecule has 3 heterocycles. The van der Waals surface area contributed by atoms with Crippen molar-refractivity contribution in [3.05, 3.63) is 20.2 Å². The third kappa shape index (κ3) is 3.20. The first kappa shape index (κ1) is 14.4. The van der Waals surface area contributed by atoms with Gasteiger partial charge in [-0.1, -0.05) is 0 Å². The number of hydrogen-bond acceptors (Lipinski definition) is 2. The quantitative estimate of drug-likeness (QED) is 0.277. The number of thioether (sulfide) groups is 2. The van der Waals surface area contributed by atoms with Gasteiger partial charge in [0.05, 0.1) is 0 Å². The van der Waals surface area contributed by atoms with Crippen LogP contribution in [0.1, 0.15) is 0 Å². The summed E-state index contributed by atoms with van der Waals surface area (Å²) in [6.45, 7) is 0. The molecule has 0 saturated heterocycles. The molecule has 0 aromatic heterocycles. The van der Waals surface area contributed by atoms with E-state index in [4.69, 9.17) is 0 Å². The van der Waals surface area contributed by atoms with Crippen molar-refractivity contribution in [2.24, 2.45) is 0 Å². The van der Waals surface area contributed by atoms with Crippen molar-refractivity contribution in [3.63, 3.8) is 0 Å². The molecule has 0 aromatic carbocycles. The molecule has 3 rings (SSSR count). The Hall–Kier alpha value is 3.46. The molecule has 0 atom stereocenters. The van der Waals surface area contributed by atoms with Crippen molar-refractivity contribution in [2.75, 3.05) is 0 Å². The van der Waals surface area contributed by atoms with E-state index in [1.165, 1.54) is 10.6 Å². The molecule has 0 aromatic rings. The Bertz CT molecular complexity index is 407. The maximum atomic E-state index is 2.56. The number of hydrogen-bond donors (Lipinski definition) is 0. The van der Waals surface area contributed by atoms with Gasteiger partial charge in [0.15, 0.2) is 0 Å². The zero-order valence-corrected chi connectivity index (χ0v) is 20.4. The van der Waals surface area contributed by atoms with Crippen molar-refractivity contribution in [1.29, 1.82) is 0 Å². The summed E-state index contributed by atoms with van der Waals surface area (Å²) in [7, 11) is 0. The van der Waals surface area contributed by atoms with Crippen molar-refractivity contribution < 1.29 is 0 Å². The summed E-state index contributed by atoms with van der Waals surface area (Å²) >= 11 is 12.4. The van der Waals surface area contributed by atoms with Crippen LogP contribution in [-0.2, 0) is 0 Å². The van der Waals surface area contributed by atoms with Crippen LogP contribution in [0.3, 0.4) is 0 Å². The van der Waals surface area contributed by atoms with Gasteiger partial charge >= 0.3 is 159 Å². The molecule has 0 bridgehead atoms. The fourth-order valence-corrected chi connectivity index (χ4v) is 25.6. The molecule has 16 heavy (non-hydrogen) atoms. The Morgan fingerprint density at radius 2 is 1.38 bits per heavy atom. The summed E-state index contributed by atoms with van der Waals surface area (Å²) in [6.07, 6.45) is 0. The van der Waals surface area contributed by atoms with Gasteiger partial charge in [-0.3, -0.25) is 0 Å². The average Bonchev–Trinajstić information content (AvgIpc) is 2.83. The molecule has 3 aliphatic heterocycles. The molecule has 0 radical (unpaired) electrons. The van der Waals surface area contributed by atoms with E-state index >= 15 is 0 Å². The topological polar surface area (TPSA) is 0 Å². The molecule has 0 fully saturated rings. The third-order valence-electron chi connectivity index (χ3n) is 1.77. The van der Waals surface area contributed by atoms with Crippen molar-refractivity contribution in [3.8, 4) is 0 Å². The molecule has 0 spiro atoms. The van der Waals surface area contributed by atoms with E-state index in [1.54, 1.807) is 16.8 Å². The molecule has 0 aliphatic carbocycles. The van der Waals surface area contributed by atoms with Gasteiger partial charge in [0.2, 0.25) is 0 Å². The molecule has 0 saturated carbocycles. The molecule has 0 amide bonds. The van der Waals surface area contributed by atoms with Crippen LogP contribution in [0, 0.1) is 0 Å². The van der Waals surface area contributed by atoms with Gasteiger partial charge in [0.1, 0.15) is 0 Å². The summed E-state index contributed by atoms with van der Waals surface area (Å²) in [5, 5.41) is 3.01. The van der Waals surface area contributed by atoms with Crippen LogP contribution in [-0.4, -0.2) is 59.8 Å². The van der Waals surface area contributed by atoms with Gasteiger partial charge in [-0.15, -0.1) is 0 Å². The first-order valence-electron chi connectivity index (χ1n) is 4.25. The normalized spacial score (nSPS) is 25.9. The maximum absolute atomic E-state index is 2.56. The van der Waals surface area contributed by atoms with Crippen molar-refractivity contribution in [1.82, 2.24) is 0 Å². The Morgan fingerprint density at radius 1 is 0.875 bits per heavy atom. The van der Waals surface area contributed by atoms with E-state index in [0.29, 0.717) is 29.9 Å². The summed E-state index contributed by atoms with van der Waals surface area (Å²) < 4.78 is 10.5. The molecule has 86 valence electrons. The van der Waals surface area contributed by atoms with E-state index in [2.05, 4.69) is 68.7 Å². The zero-order valence-electron chi connectivity index (χ0n) is 7.62. The fraction of sp³-hybridized carbons (Fsp3) is 0.250. The molecule has 0 N–H and O–H groups in total. The summed E-state index contributed by atoms with van der Waals surface area (Å²) in [5.74, 6) is 0. The summed E-state index contributed by atoms with van der Waals surface area (Å²) in [6, 6.07) is 0. The van der Waals surface area contributed by atoms with Gasteiger partial charge in [-0.25, -0.2) is 0 Å². The summed E-state index contributed by atoms with van der Waals surface area (Å²) in [5.41, 5.74) is 0. The Balaban J connectivity index is 1.79. The van der Waals surface area contributed by atoms with Crippen LogP contribution in [0.5, 0.6) is 0 Å². The van der Waals surface area contributed by atoms with E-state index < -0.39 is 0 Å². The second-order valence-corrected chi connectivity index (χ2v) is 21.9. The molecule has 0 unspecified atom stereocenters. The van der Waals surface area contributed by atoms with Crippen molar-refractivity contribution >= 4 is 129 Å². The third-order valence-corrected chi connectivity index (χ3v) is 25.4. The van der Waals surface area contributed by atoms with Crippen LogP contribution in [0.4, 0.5) is 0 Å². The van der Waals surface area contributed by atoms with E-state index in [1.807, 2.05) is 3.37 Å². The zero-order chi connectivity index (χ0) is 11.1. The Kier molecular flexibility index (Phi) is 5.83. The van der Waals surface area contributed by atoms with Gasteiger partial charge in [-0.05, 0) is 0 Å². The van der Waals surface area contributed by atoms with Crippen LogP contribution in [0.15, 0.2) is 20.2 Å². The monoisotopic (exact) mass is 737 g/mol. The molecular formula is C8H4I2S2Se4. The minimum atomic E-state index is 0.682. The first-order valence-corrected chi connectivity index (χ1v) is 15.6. The van der Waals surface area contributed by atoms with Gasteiger partial charge in [0.25, 0.3) is 0 Å². The van der Waals surface area contributed by atoms with Gasteiger partial charge in [-0.2, -0.15) is 0 Å². The standard InChI is InChI=1S/C8H4I2S2Se4/c9-3-4(10)16-8(15-3)5-11-6-7(12-5)14-2-1-13-6/h1-2H2. The SMILES string of the molecule is IC1=C(I)[Se]C(=C2SC3=C(S2)[Se]CC[Se]3)[Se]1. The molecule has 0 nitrogen and oxygen atoms in total. The van der Waals surface area contributed by atoms with E-state index in [9.17, 15) is 0 Å². The molecular weight excluding hydrogens is 730 g/mol. The van der Waals surface area contributed by atoms with Crippen molar-refractivity contribution in [2.45, 2.75) is 10.6 Å². The van der Waals surface area contributed by atoms with Gasteiger partial charge < -0.3 is 0 Å². The second-order valence-electron chi connectivity index (χ2n) is 2.80. The van der Waals surface area contributed by atoms with Crippen LogP contribution in [0.2, 0.25) is 10.6 Å². The van der Waals surface area contributed by atoms with E-state index in [0.717, 1.165) is 29.9 Å². The van der Waals surface area contributed by atoms with E-state index in [-0.39, 0.29) is 0 Å².